The van der Waals surface area contributed by atoms with Crippen molar-refractivity contribution in [3.8, 4) is 5.88 Å². The zero-order chi connectivity index (χ0) is 9.80. The molecular formula is C12H20N2O. The van der Waals surface area contributed by atoms with Crippen LogP contribution in [0.15, 0.2) is 18.3 Å². The van der Waals surface area contributed by atoms with Crippen molar-refractivity contribution in [3.63, 3.8) is 0 Å². The van der Waals surface area contributed by atoms with E-state index in [-0.39, 0.29) is 7.43 Å². The lowest BCUT2D eigenvalue weighted by Gasteiger charge is -2.22. The number of piperidine rings is 1. The molecule has 1 aromatic rings. The summed E-state index contributed by atoms with van der Waals surface area (Å²) in [5.41, 5.74) is 1.36. The van der Waals surface area contributed by atoms with Gasteiger partial charge in [-0.15, -0.1) is 0 Å². The van der Waals surface area contributed by atoms with Crippen LogP contribution in [0.1, 0.15) is 31.7 Å². The molecule has 1 aliphatic rings. The Bertz CT molecular complexity index is 295. The summed E-state index contributed by atoms with van der Waals surface area (Å²) in [6.45, 7) is 2.24. The van der Waals surface area contributed by atoms with E-state index in [1.807, 2.05) is 6.20 Å². The number of rotatable bonds is 2. The molecular weight excluding hydrogens is 188 g/mol. The van der Waals surface area contributed by atoms with Crippen molar-refractivity contribution in [2.75, 3.05) is 20.2 Å². The van der Waals surface area contributed by atoms with Crippen LogP contribution in [0.5, 0.6) is 5.88 Å². The van der Waals surface area contributed by atoms with Gasteiger partial charge in [0.25, 0.3) is 0 Å². The molecule has 2 rings (SSSR count). The fraction of sp³-hybridized carbons (Fsp3) is 0.583. The highest BCUT2D eigenvalue weighted by atomic mass is 16.5. The fourth-order valence-corrected chi connectivity index (χ4v) is 1.95. The average molecular weight is 208 g/mol. The van der Waals surface area contributed by atoms with Crippen molar-refractivity contribution in [2.24, 2.45) is 0 Å². The quantitative estimate of drug-likeness (QED) is 0.809. The molecule has 1 fully saturated rings. The topological polar surface area (TPSA) is 34.1 Å². The highest BCUT2D eigenvalue weighted by Gasteiger charge is 2.15. The van der Waals surface area contributed by atoms with Gasteiger partial charge in [-0.2, -0.15) is 0 Å². The zero-order valence-corrected chi connectivity index (χ0v) is 8.49. The van der Waals surface area contributed by atoms with Crippen molar-refractivity contribution in [1.82, 2.24) is 10.3 Å². The van der Waals surface area contributed by atoms with Gasteiger partial charge in [-0.1, -0.05) is 7.43 Å². The summed E-state index contributed by atoms with van der Waals surface area (Å²) in [6, 6.07) is 4.15. The first-order chi connectivity index (χ1) is 6.90. The summed E-state index contributed by atoms with van der Waals surface area (Å²) >= 11 is 0. The SMILES string of the molecule is C.COc1cc(C2CCNCC2)ccn1. The first-order valence-electron chi connectivity index (χ1n) is 5.11. The van der Waals surface area contributed by atoms with Crippen LogP contribution in [-0.4, -0.2) is 25.2 Å². The molecule has 15 heavy (non-hydrogen) atoms. The number of nitrogens with zero attached hydrogens (tertiary/aromatic N) is 1. The van der Waals surface area contributed by atoms with Gasteiger partial charge in [0.1, 0.15) is 0 Å². The van der Waals surface area contributed by atoms with Crippen LogP contribution in [-0.2, 0) is 0 Å². The van der Waals surface area contributed by atoms with Crippen LogP contribution in [0.25, 0.3) is 0 Å². The molecule has 1 N–H and O–H groups in total. The number of ether oxygens (including phenoxy) is 1. The lowest BCUT2D eigenvalue weighted by Crippen LogP contribution is -2.26. The molecule has 0 radical (unpaired) electrons. The molecule has 0 aromatic carbocycles. The number of nitrogens with one attached hydrogen (secondary N) is 1. The van der Waals surface area contributed by atoms with Gasteiger partial charge >= 0.3 is 0 Å². The minimum atomic E-state index is 0. The minimum absolute atomic E-state index is 0. The highest BCUT2D eigenvalue weighted by Crippen LogP contribution is 2.26. The van der Waals surface area contributed by atoms with Crippen LogP contribution in [0.4, 0.5) is 0 Å². The van der Waals surface area contributed by atoms with Crippen LogP contribution >= 0.6 is 0 Å². The molecule has 0 atom stereocenters. The summed E-state index contributed by atoms with van der Waals surface area (Å²) in [7, 11) is 1.66. The number of aromatic nitrogens is 1. The molecule has 3 nitrogen and oxygen atoms in total. The van der Waals surface area contributed by atoms with Crippen molar-refractivity contribution in [3.05, 3.63) is 23.9 Å². The summed E-state index contributed by atoms with van der Waals surface area (Å²) in [5.74, 6) is 1.40. The molecule has 1 saturated heterocycles. The van der Waals surface area contributed by atoms with Gasteiger partial charge in [-0.25, -0.2) is 4.98 Å². The fourth-order valence-electron chi connectivity index (χ4n) is 1.95. The van der Waals surface area contributed by atoms with Gasteiger partial charge in [0.2, 0.25) is 5.88 Å². The molecule has 0 aliphatic carbocycles. The van der Waals surface area contributed by atoms with Gasteiger partial charge in [-0.3, -0.25) is 0 Å². The lowest BCUT2D eigenvalue weighted by atomic mass is 9.91. The van der Waals surface area contributed by atoms with Crippen molar-refractivity contribution < 1.29 is 4.74 Å². The van der Waals surface area contributed by atoms with Crippen LogP contribution in [0.3, 0.4) is 0 Å². The van der Waals surface area contributed by atoms with Crippen LogP contribution < -0.4 is 10.1 Å². The maximum atomic E-state index is 5.12. The predicted octanol–water partition coefficient (Wildman–Crippen LogP) is 2.19. The summed E-state index contributed by atoms with van der Waals surface area (Å²) in [5, 5.41) is 3.37. The largest absolute Gasteiger partial charge is 0.481 e. The van der Waals surface area contributed by atoms with Crippen molar-refractivity contribution in [2.45, 2.75) is 26.2 Å². The monoisotopic (exact) mass is 208 g/mol. The summed E-state index contributed by atoms with van der Waals surface area (Å²) < 4.78 is 5.12. The molecule has 84 valence electrons. The van der Waals surface area contributed by atoms with E-state index in [1.165, 1.54) is 18.4 Å². The first-order valence-corrected chi connectivity index (χ1v) is 5.11. The second kappa shape index (κ2) is 5.71. The Labute approximate surface area is 91.9 Å². The summed E-state index contributed by atoms with van der Waals surface area (Å²) in [4.78, 5) is 4.11. The second-order valence-electron chi connectivity index (χ2n) is 3.66. The maximum absolute atomic E-state index is 5.12. The molecule has 0 saturated carbocycles. The normalized spacial score (nSPS) is 16.9. The molecule has 0 unspecified atom stereocenters. The molecule has 3 heteroatoms. The van der Waals surface area contributed by atoms with Gasteiger partial charge in [0.05, 0.1) is 7.11 Å². The van der Waals surface area contributed by atoms with Crippen molar-refractivity contribution in [1.29, 1.82) is 0 Å². The highest BCUT2D eigenvalue weighted by molar-refractivity contribution is 5.24. The Morgan fingerprint density at radius 3 is 2.80 bits per heavy atom. The third-order valence-electron chi connectivity index (χ3n) is 2.78. The number of methoxy groups -OCH3 is 1. The Hall–Kier alpha value is -1.09. The smallest absolute Gasteiger partial charge is 0.213 e. The molecule has 1 aliphatic heterocycles. The van der Waals surface area contributed by atoms with Gasteiger partial charge in [0.15, 0.2) is 0 Å². The van der Waals surface area contributed by atoms with E-state index in [9.17, 15) is 0 Å². The Morgan fingerprint density at radius 1 is 1.40 bits per heavy atom. The van der Waals surface area contributed by atoms with E-state index in [2.05, 4.69) is 22.4 Å². The number of hydrogen-bond donors (Lipinski definition) is 1. The molecule has 1 aromatic heterocycles. The van der Waals surface area contributed by atoms with Gasteiger partial charge in [-0.05, 0) is 43.5 Å². The van der Waals surface area contributed by atoms with Crippen LogP contribution in [0.2, 0.25) is 0 Å². The number of hydrogen-bond acceptors (Lipinski definition) is 3. The summed E-state index contributed by atoms with van der Waals surface area (Å²) in [6.07, 6.45) is 4.26. The molecule has 0 bridgehead atoms. The second-order valence-corrected chi connectivity index (χ2v) is 3.66. The predicted molar refractivity (Wildman–Crippen MR) is 62.4 cm³/mol. The standard InChI is InChI=1S/C11H16N2O.CH4/c1-14-11-8-10(4-7-13-11)9-2-5-12-6-3-9;/h4,7-9,12H,2-3,5-6H2,1H3;1H4. The third-order valence-corrected chi connectivity index (χ3v) is 2.78. The molecule has 2 heterocycles. The van der Waals surface area contributed by atoms with E-state index in [4.69, 9.17) is 4.74 Å². The minimum Gasteiger partial charge on any atom is -0.481 e. The van der Waals surface area contributed by atoms with E-state index in [0.29, 0.717) is 5.92 Å². The molecule has 0 amide bonds. The molecule has 0 spiro atoms. The van der Waals surface area contributed by atoms with E-state index in [0.717, 1.165) is 19.0 Å². The van der Waals surface area contributed by atoms with Crippen LogP contribution in [0, 0.1) is 0 Å². The Morgan fingerprint density at radius 2 is 2.13 bits per heavy atom. The van der Waals surface area contributed by atoms with E-state index >= 15 is 0 Å². The third kappa shape index (κ3) is 2.93. The van der Waals surface area contributed by atoms with Gasteiger partial charge in [0, 0.05) is 12.3 Å². The average Bonchev–Trinajstić information content (AvgIpc) is 2.30. The Balaban J connectivity index is 0.00000112. The zero-order valence-electron chi connectivity index (χ0n) is 8.49. The Kier molecular flexibility index (Phi) is 4.56. The lowest BCUT2D eigenvalue weighted by molar-refractivity contribution is 0.394. The maximum Gasteiger partial charge on any atom is 0.213 e. The van der Waals surface area contributed by atoms with Gasteiger partial charge < -0.3 is 10.1 Å². The number of pyridine rings is 1. The van der Waals surface area contributed by atoms with E-state index in [1.54, 1.807) is 7.11 Å². The first kappa shape index (κ1) is 12.0. The van der Waals surface area contributed by atoms with E-state index < -0.39 is 0 Å². The van der Waals surface area contributed by atoms with Crippen molar-refractivity contribution >= 4 is 0 Å².